The minimum Gasteiger partial charge on any atom is -0.466 e. The molecule has 0 aromatic carbocycles. The SMILES string of the molecule is C#CC(OC(=O)C1C(C=C(C)C(=O)OC)C1(C)C)C(C)=CCC. The Balaban J connectivity index is 2.83. The van der Waals surface area contributed by atoms with Crippen molar-refractivity contribution < 1.29 is 19.1 Å². The van der Waals surface area contributed by atoms with Crippen LogP contribution in [0.5, 0.6) is 0 Å². The zero-order chi connectivity index (χ0) is 17.8. The highest BCUT2D eigenvalue weighted by atomic mass is 16.5. The van der Waals surface area contributed by atoms with Crippen LogP contribution in [-0.2, 0) is 19.1 Å². The van der Waals surface area contributed by atoms with E-state index in [9.17, 15) is 9.59 Å². The molecule has 0 saturated heterocycles. The van der Waals surface area contributed by atoms with Crippen molar-refractivity contribution in [1.29, 1.82) is 0 Å². The number of hydrogen-bond acceptors (Lipinski definition) is 4. The summed E-state index contributed by atoms with van der Waals surface area (Å²) in [5, 5.41) is 0. The number of methoxy groups -OCH3 is 1. The van der Waals surface area contributed by atoms with Gasteiger partial charge in [-0.25, -0.2) is 4.79 Å². The highest BCUT2D eigenvalue weighted by Gasteiger charge is 2.61. The number of hydrogen-bond donors (Lipinski definition) is 0. The Bertz CT molecular complexity index is 575. The van der Waals surface area contributed by atoms with Crippen molar-refractivity contribution in [3.05, 3.63) is 23.3 Å². The highest BCUT2D eigenvalue weighted by Crippen LogP contribution is 2.60. The number of terminal acetylenes is 1. The largest absolute Gasteiger partial charge is 0.466 e. The summed E-state index contributed by atoms with van der Waals surface area (Å²) in [4.78, 5) is 23.9. The summed E-state index contributed by atoms with van der Waals surface area (Å²) in [5.74, 6) is 1.45. The molecule has 1 aliphatic rings. The van der Waals surface area contributed by atoms with Crippen LogP contribution in [0.15, 0.2) is 23.3 Å². The Morgan fingerprint density at radius 1 is 1.35 bits per heavy atom. The minimum absolute atomic E-state index is 0.0528. The topological polar surface area (TPSA) is 52.6 Å². The standard InChI is InChI=1S/C19H26O4/c1-8-10-12(3)15(9-2)23-18(21)16-14(19(16,5)6)11-13(4)17(20)22-7/h2,10-11,14-16H,8H2,1,3-7H3. The normalized spacial score (nSPS) is 24.4. The van der Waals surface area contributed by atoms with E-state index >= 15 is 0 Å². The van der Waals surface area contributed by atoms with Crippen molar-refractivity contribution in [2.24, 2.45) is 17.3 Å². The summed E-state index contributed by atoms with van der Waals surface area (Å²) >= 11 is 0. The Morgan fingerprint density at radius 2 is 1.96 bits per heavy atom. The first kappa shape index (κ1) is 19.0. The van der Waals surface area contributed by atoms with Gasteiger partial charge in [-0.1, -0.05) is 38.8 Å². The molecule has 1 rings (SSSR count). The van der Waals surface area contributed by atoms with E-state index in [1.807, 2.05) is 33.8 Å². The summed E-state index contributed by atoms with van der Waals surface area (Å²) in [6, 6.07) is 0. The second kappa shape index (κ2) is 7.50. The van der Waals surface area contributed by atoms with Crippen molar-refractivity contribution in [3.63, 3.8) is 0 Å². The van der Waals surface area contributed by atoms with E-state index in [-0.39, 0.29) is 29.2 Å². The second-order valence-corrected chi connectivity index (χ2v) is 6.51. The lowest BCUT2D eigenvalue weighted by molar-refractivity contribution is -0.147. The molecule has 0 spiro atoms. The van der Waals surface area contributed by atoms with Crippen LogP contribution in [0, 0.1) is 29.6 Å². The van der Waals surface area contributed by atoms with Crippen LogP contribution in [0.2, 0.25) is 0 Å². The molecule has 0 aromatic rings. The first-order valence-electron chi connectivity index (χ1n) is 7.80. The van der Waals surface area contributed by atoms with Crippen molar-refractivity contribution in [3.8, 4) is 12.3 Å². The van der Waals surface area contributed by atoms with Crippen LogP contribution < -0.4 is 0 Å². The lowest BCUT2D eigenvalue weighted by Crippen LogP contribution is -2.20. The zero-order valence-electron chi connectivity index (χ0n) is 14.8. The lowest BCUT2D eigenvalue weighted by Gasteiger charge is -2.13. The third-order valence-electron chi connectivity index (χ3n) is 4.43. The number of carbonyl (C=O) groups is 2. The molecule has 0 amide bonds. The fourth-order valence-electron chi connectivity index (χ4n) is 2.81. The molecule has 0 heterocycles. The third kappa shape index (κ3) is 4.25. The molecular formula is C19H26O4. The monoisotopic (exact) mass is 318 g/mol. The zero-order valence-corrected chi connectivity index (χ0v) is 14.8. The Kier molecular flexibility index (Phi) is 6.20. The molecule has 4 heteroatoms. The van der Waals surface area contributed by atoms with Gasteiger partial charge in [-0.3, -0.25) is 4.79 Å². The van der Waals surface area contributed by atoms with Crippen LogP contribution in [0.3, 0.4) is 0 Å². The number of rotatable bonds is 6. The fraction of sp³-hybridized carbons (Fsp3) is 0.579. The van der Waals surface area contributed by atoms with Gasteiger partial charge in [0.2, 0.25) is 0 Å². The average Bonchev–Trinajstić information content (AvgIpc) is 3.04. The van der Waals surface area contributed by atoms with Gasteiger partial charge in [0.05, 0.1) is 13.0 Å². The van der Waals surface area contributed by atoms with E-state index in [1.165, 1.54) is 7.11 Å². The molecule has 0 N–H and O–H groups in total. The van der Waals surface area contributed by atoms with Gasteiger partial charge < -0.3 is 9.47 Å². The van der Waals surface area contributed by atoms with Gasteiger partial charge in [-0.2, -0.15) is 0 Å². The summed E-state index contributed by atoms with van der Waals surface area (Å²) in [6.07, 6.45) is 9.41. The maximum atomic E-state index is 12.4. The van der Waals surface area contributed by atoms with Gasteiger partial charge in [0, 0.05) is 5.57 Å². The van der Waals surface area contributed by atoms with Crippen molar-refractivity contribution in [2.75, 3.05) is 7.11 Å². The molecular weight excluding hydrogens is 292 g/mol. The predicted octanol–water partition coefficient (Wildman–Crippen LogP) is 3.28. The molecule has 3 atom stereocenters. The Hall–Kier alpha value is -2.02. The van der Waals surface area contributed by atoms with Gasteiger partial charge in [-0.05, 0) is 37.2 Å². The quantitative estimate of drug-likeness (QED) is 0.326. The Morgan fingerprint density at radius 3 is 2.43 bits per heavy atom. The van der Waals surface area contributed by atoms with Crippen LogP contribution in [0.4, 0.5) is 0 Å². The molecule has 0 bridgehead atoms. The first-order chi connectivity index (χ1) is 10.7. The van der Waals surface area contributed by atoms with E-state index in [1.54, 1.807) is 13.0 Å². The Labute approximate surface area is 138 Å². The molecule has 1 aliphatic carbocycles. The molecule has 126 valence electrons. The van der Waals surface area contributed by atoms with E-state index < -0.39 is 6.10 Å². The first-order valence-corrected chi connectivity index (χ1v) is 7.80. The molecule has 0 radical (unpaired) electrons. The maximum absolute atomic E-state index is 12.4. The third-order valence-corrected chi connectivity index (χ3v) is 4.43. The number of ether oxygens (including phenoxy) is 2. The molecule has 3 unspecified atom stereocenters. The van der Waals surface area contributed by atoms with E-state index in [2.05, 4.69) is 10.7 Å². The highest BCUT2D eigenvalue weighted by molar-refractivity contribution is 5.88. The molecule has 4 nitrogen and oxygen atoms in total. The van der Waals surface area contributed by atoms with Crippen LogP contribution in [0.1, 0.15) is 41.0 Å². The van der Waals surface area contributed by atoms with E-state index in [4.69, 9.17) is 11.2 Å². The van der Waals surface area contributed by atoms with Crippen molar-refractivity contribution in [2.45, 2.75) is 47.1 Å². The number of esters is 2. The van der Waals surface area contributed by atoms with Gasteiger partial charge in [0.1, 0.15) is 0 Å². The number of carbonyl (C=O) groups excluding carboxylic acids is 2. The number of allylic oxidation sites excluding steroid dienone is 2. The summed E-state index contributed by atoms with van der Waals surface area (Å²) in [5.41, 5.74) is 1.10. The lowest BCUT2D eigenvalue weighted by atomic mass is 10.1. The summed E-state index contributed by atoms with van der Waals surface area (Å²) in [6.45, 7) is 9.49. The van der Waals surface area contributed by atoms with Crippen LogP contribution in [0.25, 0.3) is 0 Å². The van der Waals surface area contributed by atoms with Gasteiger partial charge in [0.15, 0.2) is 6.10 Å². The summed E-state index contributed by atoms with van der Waals surface area (Å²) in [7, 11) is 1.34. The minimum atomic E-state index is -0.634. The molecule has 23 heavy (non-hydrogen) atoms. The van der Waals surface area contributed by atoms with Gasteiger partial charge in [0.25, 0.3) is 0 Å². The van der Waals surface area contributed by atoms with Crippen molar-refractivity contribution >= 4 is 11.9 Å². The molecule has 0 aromatic heterocycles. The van der Waals surface area contributed by atoms with Crippen LogP contribution in [-0.4, -0.2) is 25.2 Å². The predicted molar refractivity (Wildman–Crippen MR) is 89.3 cm³/mol. The summed E-state index contributed by atoms with van der Waals surface area (Å²) < 4.78 is 10.2. The van der Waals surface area contributed by atoms with E-state index in [0.717, 1.165) is 12.0 Å². The second-order valence-electron chi connectivity index (χ2n) is 6.51. The van der Waals surface area contributed by atoms with Crippen molar-refractivity contribution in [1.82, 2.24) is 0 Å². The van der Waals surface area contributed by atoms with Gasteiger partial charge in [-0.15, -0.1) is 6.42 Å². The molecule has 0 aliphatic heterocycles. The molecule has 1 saturated carbocycles. The fourth-order valence-corrected chi connectivity index (χ4v) is 2.81. The van der Waals surface area contributed by atoms with Gasteiger partial charge >= 0.3 is 11.9 Å². The van der Waals surface area contributed by atoms with Crippen LogP contribution >= 0.6 is 0 Å². The molecule has 1 fully saturated rings. The smallest absolute Gasteiger partial charge is 0.333 e. The average molecular weight is 318 g/mol. The maximum Gasteiger partial charge on any atom is 0.333 e. The van der Waals surface area contributed by atoms with E-state index in [0.29, 0.717) is 5.57 Å².